The first-order chi connectivity index (χ1) is 6.20. The molecule has 0 bridgehead atoms. The molecule has 72 valence electrons. The Balaban J connectivity index is 0.000000252. The molecule has 0 amide bonds. The smallest absolute Gasteiger partial charge is 0.0443 e. The summed E-state index contributed by atoms with van der Waals surface area (Å²) in [5.41, 5.74) is 1.17. The molecule has 0 spiro atoms. The molecule has 0 fully saturated rings. The van der Waals surface area contributed by atoms with Gasteiger partial charge in [0, 0.05) is 11.3 Å². The molecule has 1 rings (SSSR count). The minimum atomic E-state index is 0.122. The molecule has 0 aromatic heterocycles. The van der Waals surface area contributed by atoms with Crippen molar-refractivity contribution in [1.29, 1.82) is 0 Å². The van der Waals surface area contributed by atoms with Gasteiger partial charge in [-0.3, -0.25) is 0 Å². The summed E-state index contributed by atoms with van der Waals surface area (Å²) in [5, 5.41) is 0.122. The summed E-state index contributed by atoms with van der Waals surface area (Å²) in [5.74, 6) is 0.543. The van der Waals surface area contributed by atoms with Gasteiger partial charge in [0.1, 0.15) is 0 Å². The third-order valence-corrected chi connectivity index (χ3v) is 2.02. The van der Waals surface area contributed by atoms with Crippen molar-refractivity contribution in [3.05, 3.63) is 42.5 Å². The van der Waals surface area contributed by atoms with Gasteiger partial charge in [0.25, 0.3) is 0 Å². The average Bonchev–Trinajstić information content (AvgIpc) is 2.20. The SMILES string of the molecule is C=Cc1ccccc1.CC(Cl)CCl. The highest BCUT2D eigenvalue weighted by molar-refractivity contribution is 6.27. The zero-order valence-corrected chi connectivity index (χ0v) is 9.22. The minimum absolute atomic E-state index is 0.122. The van der Waals surface area contributed by atoms with Crippen molar-refractivity contribution >= 4 is 29.3 Å². The lowest BCUT2D eigenvalue weighted by molar-refractivity contribution is 1.11. The molecular formula is C11H14Cl2. The topological polar surface area (TPSA) is 0 Å². The summed E-state index contributed by atoms with van der Waals surface area (Å²) >= 11 is 10.5. The number of hydrogen-bond acceptors (Lipinski definition) is 0. The number of benzene rings is 1. The van der Waals surface area contributed by atoms with E-state index in [1.807, 2.05) is 43.3 Å². The van der Waals surface area contributed by atoms with Crippen LogP contribution in [0.4, 0.5) is 0 Å². The van der Waals surface area contributed by atoms with Crippen LogP contribution in [0, 0.1) is 0 Å². The molecule has 0 saturated carbocycles. The van der Waals surface area contributed by atoms with Crippen molar-refractivity contribution in [2.45, 2.75) is 12.3 Å². The van der Waals surface area contributed by atoms with Crippen molar-refractivity contribution in [2.75, 3.05) is 5.88 Å². The van der Waals surface area contributed by atoms with Crippen LogP contribution in [0.1, 0.15) is 12.5 Å². The largest absolute Gasteiger partial charge is 0.125 e. The predicted molar refractivity (Wildman–Crippen MR) is 62.6 cm³/mol. The molecule has 0 aliphatic carbocycles. The molecule has 0 aliphatic rings. The van der Waals surface area contributed by atoms with Gasteiger partial charge >= 0.3 is 0 Å². The predicted octanol–water partition coefficient (Wildman–Crippen LogP) is 4.18. The first-order valence-corrected chi connectivity index (χ1v) is 5.05. The van der Waals surface area contributed by atoms with E-state index in [1.165, 1.54) is 5.56 Å². The van der Waals surface area contributed by atoms with E-state index in [2.05, 4.69) is 6.58 Å². The van der Waals surface area contributed by atoms with Crippen LogP contribution in [-0.4, -0.2) is 11.3 Å². The first-order valence-electron chi connectivity index (χ1n) is 4.08. The molecule has 0 saturated heterocycles. The zero-order chi connectivity index (χ0) is 10.1. The van der Waals surface area contributed by atoms with Crippen LogP contribution in [0.2, 0.25) is 0 Å². The van der Waals surface area contributed by atoms with Crippen molar-refractivity contribution in [3.8, 4) is 0 Å². The van der Waals surface area contributed by atoms with Crippen LogP contribution in [-0.2, 0) is 0 Å². The Hall–Kier alpha value is -0.460. The molecule has 0 aliphatic heterocycles. The third-order valence-electron chi connectivity index (χ3n) is 1.25. The van der Waals surface area contributed by atoms with E-state index < -0.39 is 0 Å². The summed E-state index contributed by atoms with van der Waals surface area (Å²) in [4.78, 5) is 0. The molecule has 1 atom stereocenters. The summed E-state index contributed by atoms with van der Waals surface area (Å²) in [6, 6.07) is 10.0. The van der Waals surface area contributed by atoms with Crippen LogP contribution >= 0.6 is 23.2 Å². The zero-order valence-electron chi connectivity index (χ0n) is 7.71. The van der Waals surface area contributed by atoms with Gasteiger partial charge in [0.05, 0.1) is 0 Å². The standard InChI is InChI=1S/C8H8.C3H6Cl2/c1-2-8-6-4-3-5-7-8;1-3(5)2-4/h2-7H,1H2;3H,2H2,1H3. The van der Waals surface area contributed by atoms with E-state index in [0.717, 1.165) is 0 Å². The molecule has 0 heterocycles. The molecule has 2 heteroatoms. The van der Waals surface area contributed by atoms with Crippen LogP contribution < -0.4 is 0 Å². The number of halogens is 2. The number of hydrogen-bond donors (Lipinski definition) is 0. The van der Waals surface area contributed by atoms with Gasteiger partial charge in [0.15, 0.2) is 0 Å². The lowest BCUT2D eigenvalue weighted by Gasteiger charge is -1.85. The van der Waals surface area contributed by atoms with Crippen LogP contribution in [0.25, 0.3) is 6.08 Å². The number of rotatable bonds is 2. The summed E-state index contributed by atoms with van der Waals surface area (Å²) in [6.45, 7) is 5.49. The summed E-state index contributed by atoms with van der Waals surface area (Å²) in [6.07, 6.45) is 1.83. The van der Waals surface area contributed by atoms with Crippen molar-refractivity contribution in [3.63, 3.8) is 0 Å². The Bertz CT molecular complexity index is 217. The molecule has 1 unspecified atom stereocenters. The number of alkyl halides is 2. The monoisotopic (exact) mass is 216 g/mol. The Labute approximate surface area is 90.2 Å². The van der Waals surface area contributed by atoms with E-state index in [-0.39, 0.29) is 5.38 Å². The van der Waals surface area contributed by atoms with Crippen molar-refractivity contribution in [1.82, 2.24) is 0 Å². The van der Waals surface area contributed by atoms with Crippen LogP contribution in [0.3, 0.4) is 0 Å². The van der Waals surface area contributed by atoms with Gasteiger partial charge in [-0.15, -0.1) is 23.2 Å². The third kappa shape index (κ3) is 7.89. The van der Waals surface area contributed by atoms with Gasteiger partial charge in [-0.2, -0.15) is 0 Å². The van der Waals surface area contributed by atoms with Crippen LogP contribution in [0.5, 0.6) is 0 Å². The van der Waals surface area contributed by atoms with E-state index in [0.29, 0.717) is 5.88 Å². The van der Waals surface area contributed by atoms with E-state index in [4.69, 9.17) is 23.2 Å². The molecule has 0 radical (unpaired) electrons. The van der Waals surface area contributed by atoms with Crippen molar-refractivity contribution in [2.24, 2.45) is 0 Å². The fourth-order valence-corrected chi connectivity index (χ4v) is 0.589. The Kier molecular flexibility index (Phi) is 7.86. The maximum atomic E-state index is 5.33. The Morgan fingerprint density at radius 3 is 2.08 bits per heavy atom. The molecule has 0 nitrogen and oxygen atoms in total. The highest BCUT2D eigenvalue weighted by atomic mass is 35.5. The van der Waals surface area contributed by atoms with Gasteiger partial charge in [-0.1, -0.05) is 43.0 Å². The van der Waals surface area contributed by atoms with E-state index >= 15 is 0 Å². The van der Waals surface area contributed by atoms with Gasteiger partial charge in [-0.05, 0) is 12.5 Å². The van der Waals surface area contributed by atoms with Gasteiger partial charge in [0.2, 0.25) is 0 Å². The van der Waals surface area contributed by atoms with Gasteiger partial charge < -0.3 is 0 Å². The summed E-state index contributed by atoms with van der Waals surface area (Å²) < 4.78 is 0. The maximum Gasteiger partial charge on any atom is 0.0443 e. The fraction of sp³-hybridized carbons (Fsp3) is 0.273. The molecule has 1 aromatic carbocycles. The second-order valence-electron chi connectivity index (χ2n) is 2.55. The van der Waals surface area contributed by atoms with Crippen molar-refractivity contribution < 1.29 is 0 Å². The molecule has 13 heavy (non-hydrogen) atoms. The van der Waals surface area contributed by atoms with Crippen LogP contribution in [0.15, 0.2) is 36.9 Å². The van der Waals surface area contributed by atoms with E-state index in [9.17, 15) is 0 Å². The molecule has 0 N–H and O–H groups in total. The second kappa shape index (κ2) is 8.15. The lowest BCUT2D eigenvalue weighted by atomic mass is 10.2. The van der Waals surface area contributed by atoms with E-state index in [1.54, 1.807) is 0 Å². The lowest BCUT2D eigenvalue weighted by Crippen LogP contribution is -1.87. The maximum absolute atomic E-state index is 5.33. The minimum Gasteiger partial charge on any atom is -0.125 e. The molecule has 1 aromatic rings. The highest BCUT2D eigenvalue weighted by Gasteiger charge is 1.85. The fourth-order valence-electron chi connectivity index (χ4n) is 0.589. The van der Waals surface area contributed by atoms with Gasteiger partial charge in [-0.25, -0.2) is 0 Å². The summed E-state index contributed by atoms with van der Waals surface area (Å²) in [7, 11) is 0. The Morgan fingerprint density at radius 1 is 1.38 bits per heavy atom. The quantitative estimate of drug-likeness (QED) is 0.652. The highest BCUT2D eigenvalue weighted by Crippen LogP contribution is 1.97. The Morgan fingerprint density at radius 2 is 1.85 bits per heavy atom. The molecular weight excluding hydrogens is 203 g/mol. The first kappa shape index (κ1) is 12.5. The second-order valence-corrected chi connectivity index (χ2v) is 3.60. The normalized spacial score (nSPS) is 11.0. The average molecular weight is 217 g/mol.